The van der Waals surface area contributed by atoms with Gasteiger partial charge in [0.25, 0.3) is 0 Å². The van der Waals surface area contributed by atoms with Gasteiger partial charge in [-0.3, -0.25) is 9.59 Å². The van der Waals surface area contributed by atoms with E-state index in [4.69, 9.17) is 34.0 Å². The summed E-state index contributed by atoms with van der Waals surface area (Å²) in [6.45, 7) is 0. The van der Waals surface area contributed by atoms with E-state index in [2.05, 4.69) is 5.32 Å². The van der Waals surface area contributed by atoms with E-state index in [1.807, 2.05) is 0 Å². The van der Waals surface area contributed by atoms with Crippen molar-refractivity contribution in [2.75, 3.05) is 0 Å². The second-order valence-electron chi connectivity index (χ2n) is 4.04. The average molecular weight is 331 g/mol. The number of carboxylic acid groups (broad SMARTS) is 1. The monoisotopic (exact) mass is 330 g/mol. The summed E-state index contributed by atoms with van der Waals surface area (Å²) in [6.07, 6.45) is 1.93. The smallest absolute Gasteiger partial charge is 0.326 e. The van der Waals surface area contributed by atoms with Crippen molar-refractivity contribution in [3.63, 3.8) is 0 Å². The average Bonchev–Trinajstić information content (AvgIpc) is 2.36. The summed E-state index contributed by atoms with van der Waals surface area (Å²) in [5, 5.41) is 11.7. The number of carboxylic acids is 1. The Bertz CT molecular complexity index is 582. The number of carbonyl (C=O) groups excluding carboxylic acids is 2. The van der Waals surface area contributed by atoms with Crippen LogP contribution in [-0.2, 0) is 14.4 Å². The summed E-state index contributed by atoms with van der Waals surface area (Å²) >= 11 is 11.8. The van der Waals surface area contributed by atoms with Crippen molar-refractivity contribution in [3.05, 3.63) is 39.9 Å². The molecule has 1 rings (SSSR count). The normalized spacial score (nSPS) is 12.1. The second kappa shape index (κ2) is 7.66. The number of benzene rings is 1. The molecule has 0 fully saturated rings. The Morgan fingerprint density at radius 3 is 2.33 bits per heavy atom. The summed E-state index contributed by atoms with van der Waals surface area (Å²) in [6, 6.07) is 3.45. The Balaban J connectivity index is 2.78. The van der Waals surface area contributed by atoms with Gasteiger partial charge in [-0.05, 0) is 18.2 Å². The van der Waals surface area contributed by atoms with Crippen LogP contribution < -0.4 is 11.1 Å². The van der Waals surface area contributed by atoms with E-state index in [1.54, 1.807) is 18.2 Å². The third-order valence-corrected chi connectivity index (χ3v) is 3.08. The molecule has 0 heterocycles. The van der Waals surface area contributed by atoms with Gasteiger partial charge >= 0.3 is 5.97 Å². The number of hydrogen-bond donors (Lipinski definition) is 3. The van der Waals surface area contributed by atoms with Crippen LogP contribution in [0, 0.1) is 0 Å². The molecule has 0 saturated carbocycles. The molecule has 0 spiro atoms. The maximum absolute atomic E-state index is 11.6. The van der Waals surface area contributed by atoms with Crippen molar-refractivity contribution in [2.45, 2.75) is 12.5 Å². The minimum atomic E-state index is -1.39. The van der Waals surface area contributed by atoms with Crippen molar-refractivity contribution in [2.24, 2.45) is 5.73 Å². The maximum atomic E-state index is 11.6. The standard InChI is InChI=1S/C13H12Cl2N2O4/c14-8-2-1-3-9(15)7(8)4-5-12(19)17-10(13(20)21)6-11(16)18/h1-5,10H,6H2,(H2,16,18)(H,17,19)(H,20,21)/b5-4+. The Morgan fingerprint density at radius 2 is 1.86 bits per heavy atom. The van der Waals surface area contributed by atoms with E-state index >= 15 is 0 Å². The molecule has 0 aromatic heterocycles. The van der Waals surface area contributed by atoms with E-state index in [-0.39, 0.29) is 0 Å². The van der Waals surface area contributed by atoms with Crippen LogP contribution in [0.25, 0.3) is 6.08 Å². The first kappa shape index (κ1) is 17.0. The number of carbonyl (C=O) groups is 3. The van der Waals surface area contributed by atoms with Gasteiger partial charge in [0.2, 0.25) is 11.8 Å². The van der Waals surface area contributed by atoms with Crippen LogP contribution >= 0.6 is 23.2 Å². The van der Waals surface area contributed by atoms with Crippen molar-refractivity contribution >= 4 is 47.1 Å². The van der Waals surface area contributed by atoms with Crippen LogP contribution in [-0.4, -0.2) is 28.9 Å². The molecule has 0 bridgehead atoms. The van der Waals surface area contributed by atoms with E-state index in [9.17, 15) is 14.4 Å². The molecule has 2 amide bonds. The van der Waals surface area contributed by atoms with Crippen LogP contribution in [0.2, 0.25) is 10.0 Å². The Kier molecular flexibility index (Phi) is 6.20. The lowest BCUT2D eigenvalue weighted by atomic mass is 10.2. The molecule has 1 unspecified atom stereocenters. The highest BCUT2D eigenvalue weighted by atomic mass is 35.5. The minimum absolute atomic E-state index is 0.346. The molecule has 0 aliphatic carbocycles. The van der Waals surface area contributed by atoms with Gasteiger partial charge in [0.1, 0.15) is 6.04 Å². The van der Waals surface area contributed by atoms with Gasteiger partial charge in [-0.2, -0.15) is 0 Å². The number of halogens is 2. The third kappa shape index (κ3) is 5.45. The highest BCUT2D eigenvalue weighted by Gasteiger charge is 2.21. The molecule has 21 heavy (non-hydrogen) atoms. The van der Waals surface area contributed by atoms with Gasteiger partial charge in [0.05, 0.1) is 6.42 Å². The number of nitrogens with two attached hydrogens (primary N) is 1. The van der Waals surface area contributed by atoms with Crippen LogP contribution in [0.5, 0.6) is 0 Å². The SMILES string of the molecule is NC(=O)CC(NC(=O)/C=C/c1c(Cl)cccc1Cl)C(=O)O. The van der Waals surface area contributed by atoms with Gasteiger partial charge in [-0.1, -0.05) is 29.3 Å². The molecule has 112 valence electrons. The number of hydrogen-bond acceptors (Lipinski definition) is 3. The summed E-state index contributed by atoms with van der Waals surface area (Å²) in [5.41, 5.74) is 5.33. The molecule has 8 heteroatoms. The van der Waals surface area contributed by atoms with Crippen LogP contribution in [0.1, 0.15) is 12.0 Å². The van der Waals surface area contributed by atoms with Crippen LogP contribution in [0.15, 0.2) is 24.3 Å². The minimum Gasteiger partial charge on any atom is -0.480 e. The topological polar surface area (TPSA) is 109 Å². The molecule has 1 aromatic carbocycles. The van der Waals surface area contributed by atoms with Gasteiger partial charge in [-0.15, -0.1) is 0 Å². The highest BCUT2D eigenvalue weighted by Crippen LogP contribution is 2.25. The first-order valence-corrected chi connectivity index (χ1v) is 6.50. The van der Waals surface area contributed by atoms with E-state index in [0.717, 1.165) is 6.08 Å². The van der Waals surface area contributed by atoms with Crippen molar-refractivity contribution < 1.29 is 19.5 Å². The largest absolute Gasteiger partial charge is 0.480 e. The number of primary amides is 1. The number of amides is 2. The molecular formula is C13H12Cl2N2O4. The molecule has 0 radical (unpaired) electrons. The summed E-state index contributed by atoms with van der Waals surface area (Å²) in [5.74, 6) is -2.90. The third-order valence-electron chi connectivity index (χ3n) is 2.42. The summed E-state index contributed by atoms with van der Waals surface area (Å²) in [4.78, 5) is 33.2. The molecule has 0 saturated heterocycles. The fourth-order valence-corrected chi connectivity index (χ4v) is 1.97. The number of aliphatic carboxylic acids is 1. The van der Waals surface area contributed by atoms with Gasteiger partial charge < -0.3 is 16.2 Å². The molecule has 1 atom stereocenters. The number of rotatable bonds is 6. The molecule has 0 aliphatic heterocycles. The summed E-state index contributed by atoms with van der Waals surface area (Å²) in [7, 11) is 0. The highest BCUT2D eigenvalue weighted by molar-refractivity contribution is 6.37. The van der Waals surface area contributed by atoms with Crippen LogP contribution in [0.4, 0.5) is 0 Å². The second-order valence-corrected chi connectivity index (χ2v) is 4.85. The maximum Gasteiger partial charge on any atom is 0.326 e. The zero-order valence-electron chi connectivity index (χ0n) is 10.7. The lowest BCUT2D eigenvalue weighted by Gasteiger charge is -2.10. The lowest BCUT2D eigenvalue weighted by Crippen LogP contribution is -2.42. The van der Waals surface area contributed by atoms with Crippen LogP contribution in [0.3, 0.4) is 0 Å². The van der Waals surface area contributed by atoms with Gasteiger partial charge in [-0.25, -0.2) is 4.79 Å². The molecule has 4 N–H and O–H groups in total. The van der Waals surface area contributed by atoms with E-state index in [0.29, 0.717) is 15.6 Å². The molecular weight excluding hydrogens is 319 g/mol. The predicted molar refractivity (Wildman–Crippen MR) is 78.9 cm³/mol. The first-order valence-electron chi connectivity index (χ1n) is 5.75. The fraction of sp³-hybridized carbons (Fsp3) is 0.154. The Labute approximate surface area is 130 Å². The fourth-order valence-electron chi connectivity index (χ4n) is 1.45. The molecule has 6 nitrogen and oxygen atoms in total. The Hall–Kier alpha value is -2.05. The van der Waals surface area contributed by atoms with Gasteiger partial charge in [0, 0.05) is 21.7 Å². The van der Waals surface area contributed by atoms with Crippen molar-refractivity contribution in [1.29, 1.82) is 0 Å². The first-order chi connectivity index (χ1) is 9.81. The van der Waals surface area contributed by atoms with E-state index in [1.165, 1.54) is 6.08 Å². The van der Waals surface area contributed by atoms with E-state index < -0.39 is 30.2 Å². The van der Waals surface area contributed by atoms with Crippen molar-refractivity contribution in [3.8, 4) is 0 Å². The number of nitrogens with one attached hydrogen (secondary N) is 1. The summed E-state index contributed by atoms with van der Waals surface area (Å²) < 4.78 is 0. The van der Waals surface area contributed by atoms with Gasteiger partial charge in [0.15, 0.2) is 0 Å². The zero-order chi connectivity index (χ0) is 16.0. The zero-order valence-corrected chi connectivity index (χ0v) is 12.2. The quantitative estimate of drug-likeness (QED) is 0.685. The molecule has 1 aromatic rings. The lowest BCUT2D eigenvalue weighted by molar-refractivity contribution is -0.142. The Morgan fingerprint density at radius 1 is 1.29 bits per heavy atom. The van der Waals surface area contributed by atoms with Crippen molar-refractivity contribution in [1.82, 2.24) is 5.32 Å². The predicted octanol–water partition coefficient (Wildman–Crippen LogP) is 1.45. The molecule has 0 aliphatic rings.